The molecule has 2 aromatic rings. The standard InChI is InChI=1S/C15H18N2/c1-4-14-7-6-13(10-15(14)5-2)11-17-9-8-16-12(17)3/h4-10H,11H2,1-3H3/b14-4-,15-5-. The molecule has 0 amide bonds. The first-order valence-electron chi connectivity index (χ1n) is 5.94. The number of rotatable bonds is 2. The Bertz CT molecular complexity index is 621. The molecule has 0 bridgehead atoms. The molecule has 0 radical (unpaired) electrons. The Morgan fingerprint density at radius 2 is 1.94 bits per heavy atom. The molecule has 17 heavy (non-hydrogen) atoms. The zero-order chi connectivity index (χ0) is 12.3. The molecule has 2 heteroatoms. The topological polar surface area (TPSA) is 17.8 Å². The SMILES string of the molecule is C/C=c1/ccc(Cn2ccnc2C)c/c1=C/C. The van der Waals surface area contributed by atoms with Crippen LogP contribution in [0.3, 0.4) is 0 Å². The maximum Gasteiger partial charge on any atom is 0.105 e. The van der Waals surface area contributed by atoms with Gasteiger partial charge in [0.05, 0.1) is 0 Å². The smallest absolute Gasteiger partial charge is 0.105 e. The van der Waals surface area contributed by atoms with Crippen LogP contribution in [-0.2, 0) is 6.54 Å². The third-order valence-electron chi connectivity index (χ3n) is 3.05. The molecule has 2 rings (SSSR count). The first-order chi connectivity index (χ1) is 8.24. The average Bonchev–Trinajstić information content (AvgIpc) is 2.75. The monoisotopic (exact) mass is 226 g/mol. The molecule has 1 aromatic carbocycles. The molecule has 0 aliphatic carbocycles. The van der Waals surface area contributed by atoms with E-state index in [0.717, 1.165) is 12.4 Å². The molecule has 2 nitrogen and oxygen atoms in total. The van der Waals surface area contributed by atoms with E-state index in [1.54, 1.807) is 0 Å². The summed E-state index contributed by atoms with van der Waals surface area (Å²) in [7, 11) is 0. The Morgan fingerprint density at radius 1 is 1.18 bits per heavy atom. The lowest BCUT2D eigenvalue weighted by Crippen LogP contribution is -2.24. The fraction of sp³-hybridized carbons (Fsp3) is 0.267. The van der Waals surface area contributed by atoms with Crippen LogP contribution >= 0.6 is 0 Å². The molecule has 0 saturated heterocycles. The molecule has 0 spiro atoms. The average molecular weight is 226 g/mol. The van der Waals surface area contributed by atoms with Crippen LogP contribution in [-0.4, -0.2) is 9.55 Å². The van der Waals surface area contributed by atoms with E-state index in [9.17, 15) is 0 Å². The van der Waals surface area contributed by atoms with Gasteiger partial charge in [-0.1, -0.05) is 24.3 Å². The number of benzene rings is 1. The summed E-state index contributed by atoms with van der Waals surface area (Å²) in [6, 6.07) is 6.60. The molecular formula is C15H18N2. The van der Waals surface area contributed by atoms with E-state index in [0.29, 0.717) is 0 Å². The maximum atomic E-state index is 4.24. The molecule has 0 N–H and O–H groups in total. The van der Waals surface area contributed by atoms with Crippen LogP contribution in [0.1, 0.15) is 25.2 Å². The lowest BCUT2D eigenvalue weighted by molar-refractivity contribution is 0.761. The highest BCUT2D eigenvalue weighted by Gasteiger charge is 1.98. The van der Waals surface area contributed by atoms with Gasteiger partial charge < -0.3 is 4.57 Å². The second kappa shape index (κ2) is 5.00. The van der Waals surface area contributed by atoms with Crippen LogP contribution in [0.25, 0.3) is 12.2 Å². The lowest BCUT2D eigenvalue weighted by atomic mass is 10.1. The summed E-state index contributed by atoms with van der Waals surface area (Å²) in [5, 5.41) is 2.58. The highest BCUT2D eigenvalue weighted by molar-refractivity contribution is 5.32. The van der Waals surface area contributed by atoms with Gasteiger partial charge in [-0.05, 0) is 42.8 Å². The summed E-state index contributed by atoms with van der Waals surface area (Å²) in [5.41, 5.74) is 1.31. The predicted molar refractivity (Wildman–Crippen MR) is 72.0 cm³/mol. The molecule has 0 aliphatic rings. The summed E-state index contributed by atoms with van der Waals surface area (Å²) in [6.07, 6.45) is 8.15. The maximum absolute atomic E-state index is 4.24. The quantitative estimate of drug-likeness (QED) is 0.764. The number of aryl methyl sites for hydroxylation is 1. The van der Waals surface area contributed by atoms with Gasteiger partial charge >= 0.3 is 0 Å². The Kier molecular flexibility index (Phi) is 3.43. The molecule has 0 fully saturated rings. The van der Waals surface area contributed by atoms with Crippen LogP contribution in [0.5, 0.6) is 0 Å². The van der Waals surface area contributed by atoms with Crippen molar-refractivity contribution in [3.63, 3.8) is 0 Å². The second-order valence-corrected chi connectivity index (χ2v) is 4.14. The van der Waals surface area contributed by atoms with Gasteiger partial charge in [-0.2, -0.15) is 0 Å². The lowest BCUT2D eigenvalue weighted by Gasteiger charge is -2.05. The number of imidazole rings is 1. The molecule has 0 atom stereocenters. The Balaban J connectivity index is 2.39. The van der Waals surface area contributed by atoms with Crippen molar-refractivity contribution < 1.29 is 0 Å². The summed E-state index contributed by atoms with van der Waals surface area (Å²) in [6.45, 7) is 7.06. The number of nitrogens with zero attached hydrogens (tertiary/aromatic N) is 2. The van der Waals surface area contributed by atoms with Crippen LogP contribution in [0.2, 0.25) is 0 Å². The van der Waals surface area contributed by atoms with Gasteiger partial charge in [-0.3, -0.25) is 0 Å². The second-order valence-electron chi connectivity index (χ2n) is 4.14. The fourth-order valence-corrected chi connectivity index (χ4v) is 2.00. The van der Waals surface area contributed by atoms with Crippen LogP contribution < -0.4 is 10.4 Å². The van der Waals surface area contributed by atoms with E-state index < -0.39 is 0 Å². The van der Waals surface area contributed by atoms with Crippen molar-refractivity contribution in [2.75, 3.05) is 0 Å². The van der Waals surface area contributed by atoms with Crippen LogP contribution in [0.4, 0.5) is 0 Å². The van der Waals surface area contributed by atoms with Gasteiger partial charge in [0, 0.05) is 18.9 Å². The molecule has 0 aliphatic heterocycles. The highest BCUT2D eigenvalue weighted by Crippen LogP contribution is 2.01. The van der Waals surface area contributed by atoms with Gasteiger partial charge in [-0.15, -0.1) is 0 Å². The van der Waals surface area contributed by atoms with E-state index in [-0.39, 0.29) is 0 Å². The molecule has 0 unspecified atom stereocenters. The minimum atomic E-state index is 0.886. The minimum Gasteiger partial charge on any atom is -0.331 e. The summed E-state index contributed by atoms with van der Waals surface area (Å²) < 4.78 is 2.16. The summed E-state index contributed by atoms with van der Waals surface area (Å²) in [5.74, 6) is 1.05. The molecule has 1 aromatic heterocycles. The van der Waals surface area contributed by atoms with E-state index in [2.05, 4.69) is 53.7 Å². The highest BCUT2D eigenvalue weighted by atomic mass is 15.0. The first kappa shape index (κ1) is 11.6. The van der Waals surface area contributed by atoms with Crippen molar-refractivity contribution in [1.29, 1.82) is 0 Å². The van der Waals surface area contributed by atoms with Crippen molar-refractivity contribution in [2.45, 2.75) is 27.3 Å². The van der Waals surface area contributed by atoms with Gasteiger partial charge in [0.25, 0.3) is 0 Å². The molecular weight excluding hydrogens is 208 g/mol. The largest absolute Gasteiger partial charge is 0.331 e. The fourth-order valence-electron chi connectivity index (χ4n) is 2.00. The van der Waals surface area contributed by atoms with Crippen LogP contribution in [0, 0.1) is 6.92 Å². The van der Waals surface area contributed by atoms with Gasteiger partial charge in [-0.25, -0.2) is 4.98 Å². The van der Waals surface area contributed by atoms with E-state index in [4.69, 9.17) is 0 Å². The Labute approximate surface area is 102 Å². The van der Waals surface area contributed by atoms with Gasteiger partial charge in [0.15, 0.2) is 0 Å². The molecule has 0 saturated carbocycles. The summed E-state index contributed by atoms with van der Waals surface area (Å²) >= 11 is 0. The van der Waals surface area contributed by atoms with Crippen molar-refractivity contribution >= 4 is 12.2 Å². The van der Waals surface area contributed by atoms with Crippen molar-refractivity contribution in [3.05, 3.63) is 52.4 Å². The predicted octanol–water partition coefficient (Wildman–Crippen LogP) is 1.84. The molecule has 1 heterocycles. The Hall–Kier alpha value is -1.83. The first-order valence-corrected chi connectivity index (χ1v) is 5.94. The van der Waals surface area contributed by atoms with Crippen molar-refractivity contribution in [1.82, 2.24) is 9.55 Å². The number of hydrogen-bond donors (Lipinski definition) is 0. The number of hydrogen-bond acceptors (Lipinski definition) is 1. The van der Waals surface area contributed by atoms with Crippen molar-refractivity contribution in [2.24, 2.45) is 0 Å². The third-order valence-corrected chi connectivity index (χ3v) is 3.05. The minimum absolute atomic E-state index is 0.886. The van der Waals surface area contributed by atoms with E-state index in [1.165, 1.54) is 16.0 Å². The van der Waals surface area contributed by atoms with Gasteiger partial charge in [0.2, 0.25) is 0 Å². The third kappa shape index (κ3) is 2.47. The van der Waals surface area contributed by atoms with E-state index in [1.807, 2.05) is 19.3 Å². The van der Waals surface area contributed by atoms with Crippen LogP contribution in [0.15, 0.2) is 30.6 Å². The zero-order valence-corrected chi connectivity index (χ0v) is 10.6. The number of aromatic nitrogens is 2. The normalized spacial score (nSPS) is 13.4. The van der Waals surface area contributed by atoms with Gasteiger partial charge in [0.1, 0.15) is 5.82 Å². The summed E-state index contributed by atoms with van der Waals surface area (Å²) in [4.78, 5) is 4.24. The zero-order valence-electron chi connectivity index (χ0n) is 10.6. The van der Waals surface area contributed by atoms with E-state index >= 15 is 0 Å². The Morgan fingerprint density at radius 3 is 2.53 bits per heavy atom. The van der Waals surface area contributed by atoms with Crippen molar-refractivity contribution in [3.8, 4) is 0 Å². The molecule has 88 valence electrons.